The third-order valence-electron chi connectivity index (χ3n) is 4.59. The van der Waals surface area contributed by atoms with Gasteiger partial charge in [-0.1, -0.05) is 12.8 Å². The van der Waals surface area contributed by atoms with Crippen molar-refractivity contribution in [1.82, 2.24) is 9.97 Å². The maximum atomic E-state index is 9.51. The van der Waals surface area contributed by atoms with Crippen molar-refractivity contribution >= 4 is 5.82 Å². The van der Waals surface area contributed by atoms with Gasteiger partial charge in [-0.15, -0.1) is 0 Å². The maximum absolute atomic E-state index is 9.51. The van der Waals surface area contributed by atoms with Crippen LogP contribution in [0.2, 0.25) is 0 Å². The Bertz CT molecular complexity index is 435. The average Bonchev–Trinajstić information content (AvgIpc) is 2.48. The lowest BCUT2D eigenvalue weighted by molar-refractivity contribution is 0.178. The van der Waals surface area contributed by atoms with Crippen LogP contribution < -0.4 is 5.32 Å². The molecule has 2 aliphatic carbocycles. The molecule has 3 rings (SSSR count). The second-order valence-electron chi connectivity index (χ2n) is 5.83. The fourth-order valence-corrected chi connectivity index (χ4v) is 3.44. The van der Waals surface area contributed by atoms with Gasteiger partial charge in [0.2, 0.25) is 0 Å². The van der Waals surface area contributed by atoms with Crippen LogP contribution in [0.15, 0.2) is 6.33 Å². The van der Waals surface area contributed by atoms with Crippen molar-refractivity contribution in [2.45, 2.75) is 57.4 Å². The summed E-state index contributed by atoms with van der Waals surface area (Å²) >= 11 is 0. The van der Waals surface area contributed by atoms with Gasteiger partial charge in [-0.25, -0.2) is 9.97 Å². The van der Waals surface area contributed by atoms with Crippen LogP contribution in [0.3, 0.4) is 0 Å². The highest BCUT2D eigenvalue weighted by atomic mass is 16.3. The van der Waals surface area contributed by atoms with E-state index in [9.17, 15) is 5.11 Å². The summed E-state index contributed by atoms with van der Waals surface area (Å²) in [4.78, 5) is 8.86. The summed E-state index contributed by atoms with van der Waals surface area (Å²) in [6.45, 7) is 0.283. The highest BCUT2D eigenvalue weighted by molar-refractivity contribution is 5.47. The number of aromatic nitrogens is 2. The Morgan fingerprint density at radius 3 is 2.84 bits per heavy atom. The third kappa shape index (κ3) is 2.73. The van der Waals surface area contributed by atoms with Crippen molar-refractivity contribution in [1.29, 1.82) is 0 Å². The number of hydrogen-bond donors (Lipinski definition) is 2. The predicted octanol–water partition coefficient (Wildman–Crippen LogP) is 2.32. The number of hydrogen-bond acceptors (Lipinski definition) is 4. The second kappa shape index (κ2) is 5.87. The van der Waals surface area contributed by atoms with Crippen molar-refractivity contribution < 1.29 is 5.11 Å². The number of aryl methyl sites for hydroxylation is 1. The molecule has 0 spiro atoms. The van der Waals surface area contributed by atoms with Gasteiger partial charge in [0.15, 0.2) is 0 Å². The number of rotatable bonds is 3. The molecule has 0 aliphatic heterocycles. The molecule has 19 heavy (non-hydrogen) atoms. The largest absolute Gasteiger partial charge is 0.396 e. The van der Waals surface area contributed by atoms with Gasteiger partial charge < -0.3 is 10.4 Å². The van der Waals surface area contributed by atoms with Crippen LogP contribution in [0.1, 0.15) is 49.8 Å². The molecule has 1 aromatic heterocycles. The van der Waals surface area contributed by atoms with Gasteiger partial charge in [0.1, 0.15) is 12.1 Å². The van der Waals surface area contributed by atoms with Crippen molar-refractivity contribution in [3.63, 3.8) is 0 Å². The normalized spacial score (nSPS) is 26.8. The Kier molecular flexibility index (Phi) is 3.97. The van der Waals surface area contributed by atoms with Gasteiger partial charge in [-0.2, -0.15) is 0 Å². The number of fused-ring (bicyclic) bond motifs is 1. The van der Waals surface area contributed by atoms with E-state index >= 15 is 0 Å². The molecule has 104 valence electrons. The molecule has 0 bridgehead atoms. The zero-order chi connectivity index (χ0) is 13.1. The predicted molar refractivity (Wildman–Crippen MR) is 75.1 cm³/mol. The standard InChI is InChI=1S/C15H23N3O/c19-9-11-5-1-3-7-13(11)18-15-12-6-2-4-8-14(12)16-10-17-15/h10-11,13,19H,1-9H2,(H,16,17,18). The summed E-state index contributed by atoms with van der Waals surface area (Å²) in [6.07, 6.45) is 11.1. The minimum Gasteiger partial charge on any atom is -0.396 e. The third-order valence-corrected chi connectivity index (χ3v) is 4.59. The van der Waals surface area contributed by atoms with Crippen molar-refractivity contribution in [2.24, 2.45) is 5.92 Å². The van der Waals surface area contributed by atoms with Crippen LogP contribution in [-0.4, -0.2) is 27.7 Å². The lowest BCUT2D eigenvalue weighted by atomic mass is 9.85. The van der Waals surface area contributed by atoms with E-state index in [1.807, 2.05) is 0 Å². The van der Waals surface area contributed by atoms with E-state index in [4.69, 9.17) is 0 Å². The first-order valence-corrected chi connectivity index (χ1v) is 7.58. The number of anilines is 1. The van der Waals surface area contributed by atoms with Gasteiger partial charge in [-0.3, -0.25) is 0 Å². The number of aliphatic hydroxyl groups is 1. The Morgan fingerprint density at radius 1 is 1.11 bits per heavy atom. The molecule has 4 nitrogen and oxygen atoms in total. The zero-order valence-electron chi connectivity index (χ0n) is 11.4. The van der Waals surface area contributed by atoms with Crippen LogP contribution in [0, 0.1) is 5.92 Å². The summed E-state index contributed by atoms with van der Waals surface area (Å²) in [7, 11) is 0. The van der Waals surface area contributed by atoms with Crippen LogP contribution in [0.5, 0.6) is 0 Å². The van der Waals surface area contributed by atoms with E-state index in [0.717, 1.165) is 31.5 Å². The molecule has 4 heteroatoms. The molecular formula is C15H23N3O. The molecule has 0 amide bonds. The van der Waals surface area contributed by atoms with Gasteiger partial charge in [0, 0.05) is 29.8 Å². The first kappa shape index (κ1) is 12.9. The molecule has 1 aromatic rings. The summed E-state index contributed by atoms with van der Waals surface area (Å²) < 4.78 is 0. The average molecular weight is 261 g/mol. The highest BCUT2D eigenvalue weighted by Crippen LogP contribution is 2.30. The molecule has 1 saturated carbocycles. The van der Waals surface area contributed by atoms with Crippen LogP contribution in [0.4, 0.5) is 5.82 Å². The Labute approximate surface area is 114 Å². The van der Waals surface area contributed by atoms with E-state index in [2.05, 4.69) is 15.3 Å². The summed E-state index contributed by atoms with van der Waals surface area (Å²) in [5.41, 5.74) is 2.54. The lowest BCUT2D eigenvalue weighted by Crippen LogP contribution is -2.35. The van der Waals surface area contributed by atoms with E-state index < -0.39 is 0 Å². The van der Waals surface area contributed by atoms with Crippen molar-refractivity contribution in [3.8, 4) is 0 Å². The summed E-state index contributed by atoms with van der Waals surface area (Å²) in [6, 6.07) is 0.375. The molecule has 2 unspecified atom stereocenters. The topological polar surface area (TPSA) is 58.0 Å². The van der Waals surface area contributed by atoms with Crippen molar-refractivity contribution in [3.05, 3.63) is 17.6 Å². The molecule has 0 saturated heterocycles. The Morgan fingerprint density at radius 2 is 1.95 bits per heavy atom. The molecule has 2 atom stereocenters. The highest BCUT2D eigenvalue weighted by Gasteiger charge is 2.26. The van der Waals surface area contributed by atoms with Gasteiger partial charge in [0.05, 0.1) is 0 Å². The monoisotopic (exact) mass is 261 g/mol. The number of nitrogens with zero attached hydrogens (tertiary/aromatic N) is 2. The molecule has 0 aromatic carbocycles. The first-order chi connectivity index (χ1) is 9.38. The number of aliphatic hydroxyl groups excluding tert-OH is 1. The minimum absolute atomic E-state index is 0.283. The van der Waals surface area contributed by atoms with Gasteiger partial charge in [-0.05, 0) is 38.5 Å². The van der Waals surface area contributed by atoms with Crippen LogP contribution in [0.25, 0.3) is 0 Å². The Hall–Kier alpha value is -1.16. The van der Waals surface area contributed by atoms with Crippen LogP contribution >= 0.6 is 0 Å². The smallest absolute Gasteiger partial charge is 0.133 e. The van der Waals surface area contributed by atoms with Gasteiger partial charge >= 0.3 is 0 Å². The fraction of sp³-hybridized carbons (Fsp3) is 0.733. The molecule has 1 fully saturated rings. The summed E-state index contributed by atoms with van der Waals surface area (Å²) in [5, 5.41) is 13.1. The van der Waals surface area contributed by atoms with E-state index in [1.165, 1.54) is 36.9 Å². The quantitative estimate of drug-likeness (QED) is 0.876. The van der Waals surface area contributed by atoms with Crippen LogP contribution in [-0.2, 0) is 12.8 Å². The van der Waals surface area contributed by atoms with E-state index in [1.54, 1.807) is 6.33 Å². The van der Waals surface area contributed by atoms with E-state index in [0.29, 0.717) is 12.0 Å². The van der Waals surface area contributed by atoms with E-state index in [-0.39, 0.29) is 6.61 Å². The minimum atomic E-state index is 0.283. The molecule has 0 radical (unpaired) electrons. The van der Waals surface area contributed by atoms with Gasteiger partial charge in [0.25, 0.3) is 0 Å². The molecular weight excluding hydrogens is 238 g/mol. The SMILES string of the molecule is OCC1CCCCC1Nc1ncnc2c1CCCC2. The molecule has 2 aliphatic rings. The first-order valence-electron chi connectivity index (χ1n) is 7.58. The summed E-state index contributed by atoms with van der Waals surface area (Å²) in [5.74, 6) is 1.40. The molecule has 1 heterocycles. The maximum Gasteiger partial charge on any atom is 0.133 e. The number of nitrogens with one attached hydrogen (secondary N) is 1. The lowest BCUT2D eigenvalue weighted by Gasteiger charge is -2.32. The zero-order valence-corrected chi connectivity index (χ0v) is 11.4. The fourth-order valence-electron chi connectivity index (χ4n) is 3.44. The Balaban J connectivity index is 1.78. The second-order valence-corrected chi connectivity index (χ2v) is 5.83. The molecule has 2 N–H and O–H groups in total. The van der Waals surface area contributed by atoms with Crippen molar-refractivity contribution in [2.75, 3.05) is 11.9 Å².